The Morgan fingerprint density at radius 2 is 1.21 bits per heavy atom. The number of allylic oxidation sites excluding steroid dienone is 1. The van der Waals surface area contributed by atoms with Crippen molar-refractivity contribution in [2.24, 2.45) is 0 Å². The van der Waals surface area contributed by atoms with Crippen LogP contribution in [0.25, 0.3) is 0 Å². The lowest BCUT2D eigenvalue weighted by molar-refractivity contribution is 0.00578. The van der Waals surface area contributed by atoms with E-state index in [0.29, 0.717) is 6.32 Å². The quantitative estimate of drug-likeness (QED) is 0.666. The van der Waals surface area contributed by atoms with Gasteiger partial charge in [0.15, 0.2) is 0 Å². The van der Waals surface area contributed by atoms with Gasteiger partial charge in [0.05, 0.1) is 22.4 Å². The summed E-state index contributed by atoms with van der Waals surface area (Å²) in [4.78, 5) is 0. The molecule has 1 atom stereocenters. The second-order valence-corrected chi connectivity index (χ2v) is 10.0. The Morgan fingerprint density at radius 3 is 1.68 bits per heavy atom. The molecule has 0 saturated carbocycles. The molecule has 0 radical (unpaired) electrons. The Bertz CT molecular complexity index is 695. The summed E-state index contributed by atoms with van der Waals surface area (Å²) >= 11 is 0. The van der Waals surface area contributed by atoms with Gasteiger partial charge in [0.2, 0.25) is 0 Å². The van der Waals surface area contributed by atoms with Crippen LogP contribution < -0.4 is 0 Å². The molecule has 152 valence electrons. The number of hydrogen-bond acceptors (Lipinski definition) is 4. The van der Waals surface area contributed by atoms with Gasteiger partial charge in [0.1, 0.15) is 0 Å². The van der Waals surface area contributed by atoms with Crippen molar-refractivity contribution in [1.29, 1.82) is 0 Å². The second kappa shape index (κ2) is 7.02. The molecule has 0 spiro atoms. The van der Waals surface area contributed by atoms with Gasteiger partial charge >= 0.3 is 14.2 Å². The molecule has 2 saturated heterocycles. The van der Waals surface area contributed by atoms with Crippen LogP contribution in [0.2, 0.25) is 6.32 Å². The Hall–Kier alpha value is -1.07. The third-order valence-corrected chi connectivity index (χ3v) is 6.94. The summed E-state index contributed by atoms with van der Waals surface area (Å²) in [5.74, 6) is 0.00519. The lowest BCUT2D eigenvalue weighted by Crippen LogP contribution is -2.41. The van der Waals surface area contributed by atoms with Crippen molar-refractivity contribution < 1.29 is 18.6 Å². The molecule has 2 fully saturated rings. The van der Waals surface area contributed by atoms with Crippen LogP contribution in [-0.4, -0.2) is 36.6 Å². The van der Waals surface area contributed by atoms with E-state index in [0.717, 1.165) is 11.0 Å². The SMILES string of the molecule is C=C(B1OC(C)(C)C(C)(C)O1)C(CB1OC(C)(C)C(C)(C)O1)c1ccccc1. The predicted molar refractivity (Wildman–Crippen MR) is 115 cm³/mol. The second-order valence-electron chi connectivity index (χ2n) is 10.0. The van der Waals surface area contributed by atoms with Gasteiger partial charge in [-0.3, -0.25) is 0 Å². The van der Waals surface area contributed by atoms with E-state index in [-0.39, 0.29) is 24.2 Å². The Kier molecular flexibility index (Phi) is 5.42. The molecule has 0 N–H and O–H groups in total. The topological polar surface area (TPSA) is 36.9 Å². The first-order valence-corrected chi connectivity index (χ1v) is 10.2. The molecular formula is C22H34B2O4. The minimum absolute atomic E-state index is 0.00519. The first-order chi connectivity index (χ1) is 12.8. The summed E-state index contributed by atoms with van der Waals surface area (Å²) in [7, 11) is -0.771. The van der Waals surface area contributed by atoms with Gasteiger partial charge in [0.25, 0.3) is 0 Å². The van der Waals surface area contributed by atoms with Crippen LogP contribution in [0.3, 0.4) is 0 Å². The first-order valence-electron chi connectivity index (χ1n) is 10.2. The van der Waals surface area contributed by atoms with E-state index in [1.807, 2.05) is 18.2 Å². The van der Waals surface area contributed by atoms with E-state index in [2.05, 4.69) is 74.1 Å². The van der Waals surface area contributed by atoms with Crippen molar-refractivity contribution in [3.8, 4) is 0 Å². The monoisotopic (exact) mass is 384 g/mol. The fourth-order valence-corrected chi connectivity index (χ4v) is 3.60. The van der Waals surface area contributed by atoms with Crippen molar-refractivity contribution in [2.75, 3.05) is 0 Å². The minimum atomic E-state index is -0.461. The summed E-state index contributed by atoms with van der Waals surface area (Å²) < 4.78 is 25.1. The summed E-state index contributed by atoms with van der Waals surface area (Å²) in [6.07, 6.45) is 0.666. The van der Waals surface area contributed by atoms with E-state index < -0.39 is 18.3 Å². The van der Waals surface area contributed by atoms with E-state index in [1.54, 1.807) is 0 Å². The molecule has 2 aliphatic heterocycles. The lowest BCUT2D eigenvalue weighted by Gasteiger charge is -2.32. The van der Waals surface area contributed by atoms with Crippen LogP contribution in [0.4, 0.5) is 0 Å². The summed E-state index contributed by atoms with van der Waals surface area (Å²) in [5.41, 5.74) is 0.560. The maximum atomic E-state index is 6.27. The number of rotatable bonds is 5. The lowest BCUT2D eigenvalue weighted by atomic mass is 9.62. The molecule has 1 aromatic rings. The van der Waals surface area contributed by atoms with Crippen molar-refractivity contribution >= 4 is 14.2 Å². The molecule has 0 aliphatic carbocycles. The van der Waals surface area contributed by atoms with Crippen LogP contribution >= 0.6 is 0 Å². The van der Waals surface area contributed by atoms with E-state index in [9.17, 15) is 0 Å². The van der Waals surface area contributed by atoms with Gasteiger partial charge in [-0.2, -0.15) is 0 Å². The van der Waals surface area contributed by atoms with Crippen molar-refractivity contribution in [3.05, 3.63) is 47.9 Å². The fourth-order valence-electron chi connectivity index (χ4n) is 3.60. The van der Waals surface area contributed by atoms with Crippen LogP contribution in [0, 0.1) is 0 Å². The van der Waals surface area contributed by atoms with Crippen LogP contribution in [0.15, 0.2) is 42.4 Å². The van der Waals surface area contributed by atoms with Gasteiger partial charge in [0, 0.05) is 5.92 Å². The fraction of sp³-hybridized carbons (Fsp3) is 0.636. The molecule has 3 rings (SSSR count). The highest BCUT2D eigenvalue weighted by molar-refractivity contribution is 6.55. The Labute approximate surface area is 171 Å². The highest BCUT2D eigenvalue weighted by Crippen LogP contribution is 2.44. The zero-order valence-corrected chi connectivity index (χ0v) is 18.7. The van der Waals surface area contributed by atoms with Crippen molar-refractivity contribution in [1.82, 2.24) is 0 Å². The summed E-state index contributed by atoms with van der Waals surface area (Å²) in [5, 5.41) is 0. The Balaban J connectivity index is 1.84. The minimum Gasteiger partial charge on any atom is -0.403 e. The van der Waals surface area contributed by atoms with Gasteiger partial charge in [-0.25, -0.2) is 0 Å². The maximum absolute atomic E-state index is 6.27. The first kappa shape index (κ1) is 21.6. The Morgan fingerprint density at radius 1 is 0.786 bits per heavy atom. The van der Waals surface area contributed by atoms with E-state index in [4.69, 9.17) is 18.6 Å². The van der Waals surface area contributed by atoms with Gasteiger partial charge < -0.3 is 18.6 Å². The molecule has 0 aromatic heterocycles. The molecule has 2 heterocycles. The standard InChI is InChI=1S/C22H34B2O4/c1-16(24-27-21(6,7)22(8,9)28-24)18(17-13-11-10-12-14-17)15-23-25-19(2,3)20(4,5)26-23/h10-14,18H,1,15H2,2-9H3. The van der Waals surface area contributed by atoms with Crippen LogP contribution in [0.5, 0.6) is 0 Å². The van der Waals surface area contributed by atoms with E-state index in [1.165, 1.54) is 0 Å². The maximum Gasteiger partial charge on any atom is 0.490 e. The average molecular weight is 384 g/mol. The molecule has 1 unspecified atom stereocenters. The van der Waals surface area contributed by atoms with Crippen LogP contribution in [0.1, 0.15) is 66.9 Å². The van der Waals surface area contributed by atoms with Crippen molar-refractivity contribution in [2.45, 2.75) is 90.0 Å². The largest absolute Gasteiger partial charge is 0.490 e. The van der Waals surface area contributed by atoms with Crippen molar-refractivity contribution in [3.63, 3.8) is 0 Å². The molecule has 2 aliphatic rings. The zero-order valence-electron chi connectivity index (χ0n) is 18.7. The van der Waals surface area contributed by atoms with E-state index >= 15 is 0 Å². The summed E-state index contributed by atoms with van der Waals surface area (Å²) in [6, 6.07) is 10.3. The highest BCUT2D eigenvalue weighted by atomic mass is 16.7. The van der Waals surface area contributed by atoms with Crippen LogP contribution in [-0.2, 0) is 18.6 Å². The molecular weight excluding hydrogens is 350 g/mol. The molecule has 0 bridgehead atoms. The molecule has 4 nitrogen and oxygen atoms in total. The normalized spacial score (nSPS) is 25.7. The third kappa shape index (κ3) is 3.85. The number of benzene rings is 1. The molecule has 28 heavy (non-hydrogen) atoms. The smallest absolute Gasteiger partial charge is 0.403 e. The average Bonchev–Trinajstić information content (AvgIpc) is 2.92. The zero-order chi connectivity index (χ0) is 21.0. The third-order valence-electron chi connectivity index (χ3n) is 6.94. The van der Waals surface area contributed by atoms with Gasteiger partial charge in [-0.15, -0.1) is 6.58 Å². The van der Waals surface area contributed by atoms with Gasteiger partial charge in [-0.1, -0.05) is 30.3 Å². The summed E-state index contributed by atoms with van der Waals surface area (Å²) in [6.45, 7) is 21.0. The van der Waals surface area contributed by atoms with Gasteiger partial charge in [-0.05, 0) is 72.7 Å². The highest BCUT2D eigenvalue weighted by Gasteiger charge is 2.55. The predicted octanol–water partition coefficient (Wildman–Crippen LogP) is 5.05. The molecule has 6 heteroatoms. The number of hydrogen-bond donors (Lipinski definition) is 0. The molecule has 1 aromatic carbocycles. The molecule has 0 amide bonds.